The lowest BCUT2D eigenvalue weighted by Crippen LogP contribution is -2.47. The second-order valence-electron chi connectivity index (χ2n) is 4.44. The van der Waals surface area contributed by atoms with Gasteiger partial charge in [0.2, 0.25) is 10.0 Å². The van der Waals surface area contributed by atoms with Crippen molar-refractivity contribution in [2.45, 2.75) is 23.7 Å². The van der Waals surface area contributed by atoms with Gasteiger partial charge in [-0.1, -0.05) is 6.07 Å². The first kappa shape index (κ1) is 15.3. The molecule has 1 heterocycles. The van der Waals surface area contributed by atoms with Gasteiger partial charge in [0.1, 0.15) is 0 Å². The van der Waals surface area contributed by atoms with Crippen molar-refractivity contribution in [3.05, 3.63) is 28.2 Å². The highest BCUT2D eigenvalue weighted by atomic mass is 79.9. The van der Waals surface area contributed by atoms with E-state index in [4.69, 9.17) is 16.3 Å². The number of nitrogens with zero attached hydrogens (tertiary/aromatic N) is 1. The van der Waals surface area contributed by atoms with Crippen LogP contribution >= 0.6 is 27.5 Å². The second-order valence-corrected chi connectivity index (χ2v) is 7.42. The van der Waals surface area contributed by atoms with Crippen LogP contribution < -0.4 is 0 Å². The van der Waals surface area contributed by atoms with Gasteiger partial charge < -0.3 is 4.74 Å². The van der Waals surface area contributed by atoms with Crippen molar-refractivity contribution in [1.82, 2.24) is 4.31 Å². The highest BCUT2D eigenvalue weighted by Crippen LogP contribution is 2.28. The number of benzene rings is 1. The summed E-state index contributed by atoms with van der Waals surface area (Å²) in [6.45, 7) is 3.09. The molecule has 1 aromatic rings. The Labute approximate surface area is 126 Å². The zero-order valence-corrected chi connectivity index (χ0v) is 13.6. The lowest BCUT2D eigenvalue weighted by Gasteiger charge is -2.32. The molecule has 1 atom stereocenters. The normalized spacial score (nSPS) is 21.5. The van der Waals surface area contributed by atoms with Crippen LogP contribution in [0.5, 0.6) is 0 Å². The molecule has 0 N–H and O–H groups in total. The third-order valence-corrected chi connectivity index (χ3v) is 6.34. The number of morpholine rings is 1. The highest BCUT2D eigenvalue weighted by Gasteiger charge is 2.32. The number of alkyl halides is 1. The molecule has 0 bridgehead atoms. The predicted octanol–water partition coefficient (Wildman–Crippen LogP) is 2.60. The zero-order chi connectivity index (χ0) is 14.0. The molecule has 1 saturated heterocycles. The van der Waals surface area contributed by atoms with E-state index in [0.717, 1.165) is 5.56 Å². The first-order valence-electron chi connectivity index (χ1n) is 5.91. The van der Waals surface area contributed by atoms with Crippen LogP contribution in [0.4, 0.5) is 0 Å². The van der Waals surface area contributed by atoms with E-state index in [0.29, 0.717) is 30.1 Å². The van der Waals surface area contributed by atoms with Crippen LogP contribution in [-0.2, 0) is 20.6 Å². The minimum absolute atomic E-state index is 0.154. The van der Waals surface area contributed by atoms with Gasteiger partial charge in [0.15, 0.2) is 0 Å². The van der Waals surface area contributed by atoms with Crippen molar-refractivity contribution in [2.24, 2.45) is 0 Å². The van der Waals surface area contributed by atoms with E-state index in [-0.39, 0.29) is 10.9 Å². The van der Waals surface area contributed by atoms with Crippen molar-refractivity contribution in [2.75, 3.05) is 19.8 Å². The van der Waals surface area contributed by atoms with Crippen LogP contribution in [0, 0.1) is 0 Å². The quantitative estimate of drug-likeness (QED) is 0.771. The summed E-state index contributed by atoms with van der Waals surface area (Å²) in [5.41, 5.74) is 0.877. The first-order valence-corrected chi connectivity index (χ1v) is 8.67. The molecule has 2 rings (SSSR count). The van der Waals surface area contributed by atoms with E-state index < -0.39 is 10.0 Å². The monoisotopic (exact) mass is 367 g/mol. The fourth-order valence-electron chi connectivity index (χ4n) is 2.03. The summed E-state index contributed by atoms with van der Waals surface area (Å²) in [7, 11) is -3.50. The standard InChI is InChI=1S/C12H15BrClNO3S/c1-9-8-18-5-4-15(9)19(16,17)12-3-2-10(7-14)6-11(12)13/h2-3,6,9H,4-5,7-8H2,1H3. The Balaban J connectivity index is 2.38. The Bertz CT molecular complexity index is 564. The summed E-state index contributed by atoms with van der Waals surface area (Å²) in [6.07, 6.45) is 0. The van der Waals surface area contributed by atoms with Gasteiger partial charge in [0.05, 0.1) is 18.1 Å². The molecule has 1 aliphatic heterocycles. The number of halogens is 2. The molecular formula is C12H15BrClNO3S. The molecule has 0 aliphatic carbocycles. The Morgan fingerprint density at radius 2 is 2.26 bits per heavy atom. The van der Waals surface area contributed by atoms with Gasteiger partial charge in [0, 0.05) is 22.9 Å². The summed E-state index contributed by atoms with van der Waals surface area (Å²) in [4.78, 5) is 0.273. The van der Waals surface area contributed by atoms with Crippen LogP contribution in [-0.4, -0.2) is 38.5 Å². The zero-order valence-electron chi connectivity index (χ0n) is 10.5. The van der Waals surface area contributed by atoms with Gasteiger partial charge in [-0.25, -0.2) is 8.42 Å². The molecule has 1 aliphatic rings. The minimum Gasteiger partial charge on any atom is -0.378 e. The first-order chi connectivity index (χ1) is 8.96. The maximum atomic E-state index is 12.6. The average Bonchev–Trinajstić information content (AvgIpc) is 2.38. The number of hydrogen-bond donors (Lipinski definition) is 0. The lowest BCUT2D eigenvalue weighted by atomic mass is 10.2. The van der Waals surface area contributed by atoms with E-state index in [1.54, 1.807) is 18.2 Å². The van der Waals surface area contributed by atoms with E-state index in [2.05, 4.69) is 15.9 Å². The maximum absolute atomic E-state index is 12.6. The molecule has 0 saturated carbocycles. The topological polar surface area (TPSA) is 46.6 Å². The summed E-state index contributed by atoms with van der Waals surface area (Å²) >= 11 is 9.05. The number of hydrogen-bond acceptors (Lipinski definition) is 3. The van der Waals surface area contributed by atoms with Crippen LogP contribution in [0.1, 0.15) is 12.5 Å². The largest absolute Gasteiger partial charge is 0.378 e. The van der Waals surface area contributed by atoms with Crippen molar-refractivity contribution in [3.8, 4) is 0 Å². The maximum Gasteiger partial charge on any atom is 0.244 e. The molecule has 0 amide bonds. The van der Waals surface area contributed by atoms with Gasteiger partial charge in [0.25, 0.3) is 0 Å². The molecule has 106 valence electrons. The molecule has 0 radical (unpaired) electrons. The minimum atomic E-state index is -3.50. The Morgan fingerprint density at radius 3 is 2.84 bits per heavy atom. The molecule has 1 aromatic carbocycles. The smallest absolute Gasteiger partial charge is 0.244 e. The third kappa shape index (κ3) is 3.13. The molecule has 4 nitrogen and oxygen atoms in total. The lowest BCUT2D eigenvalue weighted by molar-refractivity contribution is 0.0392. The molecule has 1 unspecified atom stereocenters. The van der Waals surface area contributed by atoms with Crippen molar-refractivity contribution < 1.29 is 13.2 Å². The van der Waals surface area contributed by atoms with E-state index in [1.165, 1.54) is 4.31 Å². The van der Waals surface area contributed by atoms with E-state index in [9.17, 15) is 8.42 Å². The molecule has 19 heavy (non-hydrogen) atoms. The summed E-state index contributed by atoms with van der Waals surface area (Å²) < 4.78 is 32.6. The molecule has 0 spiro atoms. The van der Waals surface area contributed by atoms with Crippen LogP contribution in [0.15, 0.2) is 27.6 Å². The van der Waals surface area contributed by atoms with Crippen LogP contribution in [0.25, 0.3) is 0 Å². The number of ether oxygens (including phenoxy) is 1. The number of rotatable bonds is 3. The number of sulfonamides is 1. The molecular weight excluding hydrogens is 354 g/mol. The summed E-state index contributed by atoms with van der Waals surface area (Å²) in [5, 5.41) is 0. The van der Waals surface area contributed by atoms with Gasteiger partial charge in [-0.3, -0.25) is 0 Å². The predicted molar refractivity (Wildman–Crippen MR) is 77.9 cm³/mol. The van der Waals surface area contributed by atoms with Crippen LogP contribution in [0.2, 0.25) is 0 Å². The van der Waals surface area contributed by atoms with Crippen molar-refractivity contribution in [1.29, 1.82) is 0 Å². The van der Waals surface area contributed by atoms with Crippen molar-refractivity contribution >= 4 is 37.6 Å². The third-order valence-electron chi connectivity index (χ3n) is 3.04. The van der Waals surface area contributed by atoms with Crippen molar-refractivity contribution in [3.63, 3.8) is 0 Å². The Hall–Kier alpha value is -0.140. The van der Waals surface area contributed by atoms with Gasteiger partial charge in [-0.2, -0.15) is 4.31 Å². The van der Waals surface area contributed by atoms with Crippen LogP contribution in [0.3, 0.4) is 0 Å². The van der Waals surface area contributed by atoms with E-state index >= 15 is 0 Å². The fraction of sp³-hybridized carbons (Fsp3) is 0.500. The summed E-state index contributed by atoms with van der Waals surface area (Å²) in [6, 6.07) is 4.92. The molecule has 7 heteroatoms. The van der Waals surface area contributed by atoms with E-state index in [1.807, 2.05) is 6.92 Å². The van der Waals surface area contributed by atoms with Gasteiger partial charge in [-0.05, 0) is 40.5 Å². The highest BCUT2D eigenvalue weighted by molar-refractivity contribution is 9.10. The molecule has 1 fully saturated rings. The Kier molecular flexibility index (Phi) is 4.89. The van der Waals surface area contributed by atoms with Gasteiger partial charge >= 0.3 is 0 Å². The SMILES string of the molecule is CC1COCCN1S(=O)(=O)c1ccc(CCl)cc1Br. The summed E-state index contributed by atoms with van der Waals surface area (Å²) in [5.74, 6) is 0.354. The van der Waals surface area contributed by atoms with Gasteiger partial charge in [-0.15, -0.1) is 11.6 Å². The molecule has 0 aromatic heterocycles. The Morgan fingerprint density at radius 1 is 1.53 bits per heavy atom. The second kappa shape index (κ2) is 6.10. The fourth-order valence-corrected chi connectivity index (χ4v) is 4.89. The average molecular weight is 369 g/mol.